The smallest absolute Gasteiger partial charge is 0.323 e. The molecule has 4 fully saturated rings. The number of carbonyl (C=O) groups excluding carboxylic acids is 3. The van der Waals surface area contributed by atoms with Gasteiger partial charge in [-0.2, -0.15) is 0 Å². The first-order valence-electron chi connectivity index (χ1n) is 13.4. The molecule has 4 atom stereocenters. The molecule has 37 heavy (non-hydrogen) atoms. The summed E-state index contributed by atoms with van der Waals surface area (Å²) in [4.78, 5) is 44.4. The average Bonchev–Trinajstić information content (AvgIpc) is 3.67. The molecule has 4 unspecified atom stereocenters. The summed E-state index contributed by atoms with van der Waals surface area (Å²) in [6, 6.07) is 6.73. The Labute approximate surface area is 214 Å². The number of carbonyl (C=O) groups is 3. The predicted molar refractivity (Wildman–Crippen MR) is 135 cm³/mol. The number of rotatable bonds is 5. The van der Waals surface area contributed by atoms with Gasteiger partial charge in [0.15, 0.2) is 5.82 Å². The van der Waals surface area contributed by atoms with Gasteiger partial charge < -0.3 is 10.6 Å². The van der Waals surface area contributed by atoms with Gasteiger partial charge in [0.25, 0.3) is 11.8 Å². The first-order valence-corrected chi connectivity index (χ1v) is 13.4. The van der Waals surface area contributed by atoms with E-state index in [0.717, 1.165) is 17.8 Å². The van der Waals surface area contributed by atoms with Crippen LogP contribution in [0.4, 0.5) is 10.6 Å². The van der Waals surface area contributed by atoms with E-state index >= 15 is 0 Å². The number of imidazole rings is 1. The van der Waals surface area contributed by atoms with Crippen LogP contribution in [-0.4, -0.2) is 56.6 Å². The lowest BCUT2D eigenvalue weighted by atomic mass is 9.67. The minimum absolute atomic E-state index is 0.142. The number of nitrogens with one attached hydrogen (secondary N) is 2. The van der Waals surface area contributed by atoms with E-state index in [1.54, 1.807) is 34.9 Å². The third-order valence-corrected chi connectivity index (χ3v) is 9.12. The van der Waals surface area contributed by atoms with E-state index in [9.17, 15) is 14.4 Å². The quantitative estimate of drug-likeness (QED) is 0.558. The lowest BCUT2D eigenvalue weighted by Gasteiger charge is -2.40. The third kappa shape index (κ3) is 3.81. The Morgan fingerprint density at radius 3 is 2.92 bits per heavy atom. The Morgan fingerprint density at radius 1 is 1.16 bits per heavy atom. The fraction of sp³-hybridized carbons (Fsp3) is 0.519. The van der Waals surface area contributed by atoms with E-state index in [-0.39, 0.29) is 23.0 Å². The second-order valence-corrected chi connectivity index (χ2v) is 11.4. The zero-order chi connectivity index (χ0) is 25.1. The lowest BCUT2D eigenvalue weighted by Crippen LogP contribution is -2.41. The van der Waals surface area contributed by atoms with Crippen molar-refractivity contribution in [3.63, 3.8) is 0 Å². The second-order valence-electron chi connectivity index (χ2n) is 11.4. The summed E-state index contributed by atoms with van der Waals surface area (Å²) in [5.41, 5.74) is 1.38. The second kappa shape index (κ2) is 8.43. The molecule has 1 saturated heterocycles. The first kappa shape index (κ1) is 22.5. The summed E-state index contributed by atoms with van der Waals surface area (Å²) < 4.78 is 2.85. The predicted octanol–water partition coefficient (Wildman–Crippen LogP) is 3.09. The molecular weight excluding hydrogens is 470 g/mol. The summed E-state index contributed by atoms with van der Waals surface area (Å²) >= 11 is 0. The molecule has 1 aliphatic heterocycles. The molecule has 3 bridgehead atoms. The highest BCUT2D eigenvalue weighted by Crippen LogP contribution is 2.58. The van der Waals surface area contributed by atoms with E-state index in [1.165, 1.54) is 60.7 Å². The van der Waals surface area contributed by atoms with Gasteiger partial charge in [-0.25, -0.2) is 14.5 Å². The molecule has 0 radical (unpaired) electrons. The molecule has 3 aliphatic carbocycles. The number of anilines is 1. The number of urea groups is 1. The van der Waals surface area contributed by atoms with Crippen molar-refractivity contribution in [3.05, 3.63) is 48.0 Å². The van der Waals surface area contributed by atoms with Gasteiger partial charge in [0.2, 0.25) is 0 Å². The SMILES string of the molecule is O=C(NCC12CCCC3CC(CC3C1)C2)c1cccc2nc(C(=O)n3ccc(N4CCNC4=O)n3)cn12. The van der Waals surface area contributed by atoms with Crippen molar-refractivity contribution >= 4 is 29.3 Å². The number of fused-ring (bicyclic) bond motifs is 3. The highest BCUT2D eigenvalue weighted by atomic mass is 16.2. The van der Waals surface area contributed by atoms with Gasteiger partial charge in [-0.1, -0.05) is 18.9 Å². The van der Waals surface area contributed by atoms with Crippen LogP contribution in [-0.2, 0) is 0 Å². The molecule has 3 saturated carbocycles. The largest absolute Gasteiger partial charge is 0.350 e. The Hall–Kier alpha value is -3.69. The lowest BCUT2D eigenvalue weighted by molar-refractivity contribution is 0.0847. The minimum Gasteiger partial charge on any atom is -0.350 e. The van der Waals surface area contributed by atoms with Crippen LogP contribution in [0.5, 0.6) is 0 Å². The molecule has 10 nitrogen and oxygen atoms in total. The Balaban J connectivity index is 1.10. The molecule has 4 aliphatic rings. The highest BCUT2D eigenvalue weighted by molar-refractivity contribution is 5.97. The Kier molecular flexibility index (Phi) is 5.12. The van der Waals surface area contributed by atoms with Crippen LogP contribution in [0, 0.1) is 23.2 Å². The summed E-state index contributed by atoms with van der Waals surface area (Å²) in [6.07, 6.45) is 12.2. The molecule has 2 N–H and O–H groups in total. The standard InChI is InChI=1S/C27H31N7O3/c35-24(29-16-27-7-2-3-18-11-17(13-27)12-19(18)14-27)21-4-1-5-22-30-20(15-33(21)22)25(36)34-9-6-23(31-34)32-10-8-28-26(32)37/h1,4-6,9,15,17-19H,2-3,7-8,10-14,16H2,(H,28,37)(H,29,35). The van der Waals surface area contributed by atoms with Crippen molar-refractivity contribution in [3.8, 4) is 0 Å². The van der Waals surface area contributed by atoms with Gasteiger partial charge >= 0.3 is 6.03 Å². The van der Waals surface area contributed by atoms with Gasteiger partial charge in [0.05, 0.1) is 0 Å². The van der Waals surface area contributed by atoms with Crippen molar-refractivity contribution in [1.82, 2.24) is 29.8 Å². The number of hydrogen-bond acceptors (Lipinski definition) is 5. The zero-order valence-electron chi connectivity index (χ0n) is 20.7. The monoisotopic (exact) mass is 501 g/mol. The minimum atomic E-state index is -0.425. The molecule has 3 amide bonds. The summed E-state index contributed by atoms with van der Waals surface area (Å²) in [7, 11) is 0. The van der Waals surface area contributed by atoms with Gasteiger partial charge in [0, 0.05) is 38.1 Å². The Bertz CT molecular complexity index is 1410. The van der Waals surface area contributed by atoms with E-state index in [2.05, 4.69) is 20.7 Å². The maximum absolute atomic E-state index is 13.4. The maximum Gasteiger partial charge on any atom is 0.323 e. The summed E-state index contributed by atoms with van der Waals surface area (Å²) in [5.74, 6) is 2.41. The molecule has 0 aromatic carbocycles. The van der Waals surface area contributed by atoms with Crippen molar-refractivity contribution in [1.29, 1.82) is 0 Å². The van der Waals surface area contributed by atoms with Crippen LogP contribution in [0.25, 0.3) is 5.65 Å². The van der Waals surface area contributed by atoms with Crippen LogP contribution < -0.4 is 15.5 Å². The molecule has 10 heteroatoms. The number of pyridine rings is 1. The van der Waals surface area contributed by atoms with Crippen LogP contribution in [0.2, 0.25) is 0 Å². The number of amides is 3. The third-order valence-electron chi connectivity index (χ3n) is 9.12. The fourth-order valence-corrected chi connectivity index (χ4v) is 7.57. The molecule has 3 aromatic rings. The van der Waals surface area contributed by atoms with E-state index in [4.69, 9.17) is 0 Å². The van der Waals surface area contributed by atoms with Crippen LogP contribution in [0.15, 0.2) is 36.7 Å². The van der Waals surface area contributed by atoms with E-state index < -0.39 is 5.91 Å². The van der Waals surface area contributed by atoms with E-state index in [1.807, 2.05) is 0 Å². The van der Waals surface area contributed by atoms with Crippen LogP contribution in [0.3, 0.4) is 0 Å². The molecule has 192 valence electrons. The molecule has 0 spiro atoms. The normalized spacial score (nSPS) is 28.5. The molecule has 7 rings (SSSR count). The summed E-state index contributed by atoms with van der Waals surface area (Å²) in [6.45, 7) is 1.75. The van der Waals surface area contributed by atoms with Crippen molar-refractivity contribution in [2.45, 2.75) is 44.9 Å². The number of nitrogens with zero attached hydrogens (tertiary/aromatic N) is 5. The highest BCUT2D eigenvalue weighted by Gasteiger charge is 2.49. The molecule has 4 heterocycles. The first-order chi connectivity index (χ1) is 18.0. The van der Waals surface area contributed by atoms with Crippen LogP contribution >= 0.6 is 0 Å². The Morgan fingerprint density at radius 2 is 2.05 bits per heavy atom. The van der Waals surface area contributed by atoms with Crippen molar-refractivity contribution in [2.75, 3.05) is 24.5 Å². The number of aromatic nitrogens is 4. The van der Waals surface area contributed by atoms with Crippen molar-refractivity contribution in [2.24, 2.45) is 23.2 Å². The topological polar surface area (TPSA) is 114 Å². The average molecular weight is 502 g/mol. The molecular formula is C27H31N7O3. The van der Waals surface area contributed by atoms with Crippen molar-refractivity contribution < 1.29 is 14.4 Å². The zero-order valence-corrected chi connectivity index (χ0v) is 20.7. The van der Waals surface area contributed by atoms with Gasteiger partial charge in [-0.05, 0) is 67.4 Å². The van der Waals surface area contributed by atoms with Gasteiger partial charge in [-0.3, -0.25) is 18.9 Å². The summed E-state index contributed by atoms with van der Waals surface area (Å²) in [5, 5.41) is 10.2. The van der Waals surface area contributed by atoms with Gasteiger partial charge in [-0.15, -0.1) is 5.10 Å². The molecule has 3 aromatic heterocycles. The van der Waals surface area contributed by atoms with Crippen LogP contribution in [0.1, 0.15) is 65.9 Å². The fourth-order valence-electron chi connectivity index (χ4n) is 7.57. The van der Waals surface area contributed by atoms with Gasteiger partial charge in [0.1, 0.15) is 17.0 Å². The number of hydrogen-bond donors (Lipinski definition) is 2. The maximum atomic E-state index is 13.4. The van der Waals surface area contributed by atoms with E-state index in [0.29, 0.717) is 36.8 Å².